The number of hydrogen-bond acceptors (Lipinski definition) is 5. The third-order valence-corrected chi connectivity index (χ3v) is 4.34. The molecule has 3 N–H and O–H groups in total. The lowest BCUT2D eigenvalue weighted by Gasteiger charge is -2.14. The molecule has 3 aromatic rings. The van der Waals surface area contributed by atoms with Gasteiger partial charge < -0.3 is 20.4 Å². The van der Waals surface area contributed by atoms with Gasteiger partial charge in [-0.05, 0) is 36.4 Å². The highest BCUT2D eigenvalue weighted by Crippen LogP contribution is 2.20. The standard InChI is InChI=1S/C20H15N3O5/c24-17(21-12-6-7-16-11(9-12)5-8-18(25)28-16)10-15-20(27)22-14-4-2-1-3-13(14)19(26)23-15/h1-9,15H,10H2,(H,21,24)(H,22,27)(H,23,26). The number of rotatable bonds is 3. The topological polar surface area (TPSA) is 118 Å². The average molecular weight is 377 g/mol. The normalized spacial score (nSPS) is 15.9. The minimum Gasteiger partial charge on any atom is -0.423 e. The van der Waals surface area contributed by atoms with Crippen LogP contribution >= 0.6 is 0 Å². The number of anilines is 2. The first-order chi connectivity index (χ1) is 13.5. The van der Waals surface area contributed by atoms with Crippen LogP contribution in [0, 0.1) is 0 Å². The minimum atomic E-state index is -1.00. The van der Waals surface area contributed by atoms with E-state index in [2.05, 4.69) is 16.0 Å². The Morgan fingerprint density at radius 3 is 2.71 bits per heavy atom. The summed E-state index contributed by atoms with van der Waals surface area (Å²) in [6.45, 7) is 0. The van der Waals surface area contributed by atoms with Crippen molar-refractivity contribution in [1.29, 1.82) is 0 Å². The summed E-state index contributed by atoms with van der Waals surface area (Å²) >= 11 is 0. The smallest absolute Gasteiger partial charge is 0.336 e. The van der Waals surface area contributed by atoms with E-state index < -0.39 is 29.4 Å². The second kappa shape index (κ2) is 6.99. The summed E-state index contributed by atoms with van der Waals surface area (Å²) in [5.41, 5.74) is 1.17. The molecule has 1 aliphatic heterocycles. The molecule has 1 unspecified atom stereocenters. The molecule has 0 saturated heterocycles. The molecule has 0 aliphatic carbocycles. The van der Waals surface area contributed by atoms with Crippen LogP contribution in [0.25, 0.3) is 11.0 Å². The number of benzene rings is 2. The molecular formula is C20H15N3O5. The largest absolute Gasteiger partial charge is 0.423 e. The fraction of sp³-hybridized carbons (Fsp3) is 0.100. The van der Waals surface area contributed by atoms with E-state index >= 15 is 0 Å². The summed E-state index contributed by atoms with van der Waals surface area (Å²) in [6, 6.07) is 13.3. The summed E-state index contributed by atoms with van der Waals surface area (Å²) in [5.74, 6) is -1.33. The molecule has 0 fully saturated rings. The molecule has 4 rings (SSSR count). The second-order valence-electron chi connectivity index (χ2n) is 6.32. The molecule has 2 heterocycles. The number of amides is 3. The van der Waals surface area contributed by atoms with Crippen LogP contribution in [0.1, 0.15) is 16.8 Å². The number of carbonyl (C=O) groups excluding carboxylic acids is 3. The van der Waals surface area contributed by atoms with Crippen molar-refractivity contribution in [2.24, 2.45) is 0 Å². The third kappa shape index (κ3) is 3.48. The van der Waals surface area contributed by atoms with Gasteiger partial charge in [-0.25, -0.2) is 4.79 Å². The van der Waals surface area contributed by atoms with Crippen molar-refractivity contribution in [1.82, 2.24) is 5.32 Å². The molecule has 8 heteroatoms. The van der Waals surface area contributed by atoms with Gasteiger partial charge in [0.15, 0.2) is 0 Å². The van der Waals surface area contributed by atoms with Crippen molar-refractivity contribution in [3.05, 3.63) is 70.6 Å². The van der Waals surface area contributed by atoms with Crippen molar-refractivity contribution in [3.8, 4) is 0 Å². The van der Waals surface area contributed by atoms with E-state index in [4.69, 9.17) is 4.42 Å². The predicted molar refractivity (Wildman–Crippen MR) is 102 cm³/mol. The second-order valence-corrected chi connectivity index (χ2v) is 6.32. The first-order valence-corrected chi connectivity index (χ1v) is 8.54. The van der Waals surface area contributed by atoms with Gasteiger partial charge in [0.1, 0.15) is 11.6 Å². The van der Waals surface area contributed by atoms with E-state index in [1.54, 1.807) is 48.5 Å². The van der Waals surface area contributed by atoms with Gasteiger partial charge in [-0.1, -0.05) is 12.1 Å². The van der Waals surface area contributed by atoms with Crippen LogP contribution in [-0.4, -0.2) is 23.8 Å². The Labute approximate surface area is 158 Å². The number of para-hydroxylation sites is 1. The zero-order chi connectivity index (χ0) is 19.7. The van der Waals surface area contributed by atoms with Crippen LogP contribution in [0.3, 0.4) is 0 Å². The van der Waals surface area contributed by atoms with Gasteiger partial charge >= 0.3 is 5.63 Å². The van der Waals surface area contributed by atoms with Gasteiger partial charge in [0.25, 0.3) is 5.91 Å². The molecule has 0 radical (unpaired) electrons. The van der Waals surface area contributed by atoms with E-state index in [1.165, 1.54) is 6.07 Å². The Bertz CT molecular complexity index is 1170. The Morgan fingerprint density at radius 1 is 1.04 bits per heavy atom. The van der Waals surface area contributed by atoms with E-state index in [0.29, 0.717) is 27.9 Å². The highest BCUT2D eigenvalue weighted by Gasteiger charge is 2.29. The Morgan fingerprint density at radius 2 is 1.86 bits per heavy atom. The maximum Gasteiger partial charge on any atom is 0.336 e. The summed E-state index contributed by atoms with van der Waals surface area (Å²) in [5, 5.41) is 8.56. The van der Waals surface area contributed by atoms with Crippen molar-refractivity contribution < 1.29 is 18.8 Å². The Hall–Kier alpha value is -3.94. The number of nitrogens with one attached hydrogen (secondary N) is 3. The van der Waals surface area contributed by atoms with Crippen molar-refractivity contribution >= 4 is 40.1 Å². The number of carbonyl (C=O) groups is 3. The van der Waals surface area contributed by atoms with Crippen LogP contribution in [0.4, 0.5) is 11.4 Å². The van der Waals surface area contributed by atoms with Gasteiger partial charge in [-0.15, -0.1) is 0 Å². The molecule has 140 valence electrons. The minimum absolute atomic E-state index is 0.229. The molecule has 0 saturated carbocycles. The molecule has 1 aromatic heterocycles. The van der Waals surface area contributed by atoms with E-state index in [1.807, 2.05) is 0 Å². The Kier molecular flexibility index (Phi) is 4.36. The summed E-state index contributed by atoms with van der Waals surface area (Å²) in [4.78, 5) is 48.3. The average Bonchev–Trinajstić information content (AvgIpc) is 2.78. The van der Waals surface area contributed by atoms with Crippen LogP contribution < -0.4 is 21.6 Å². The lowest BCUT2D eigenvalue weighted by molar-refractivity contribution is -0.122. The molecule has 28 heavy (non-hydrogen) atoms. The fourth-order valence-corrected chi connectivity index (χ4v) is 3.00. The van der Waals surface area contributed by atoms with Gasteiger partial charge in [-0.3, -0.25) is 14.4 Å². The predicted octanol–water partition coefficient (Wildman–Crippen LogP) is 1.87. The quantitative estimate of drug-likeness (QED) is 0.603. The van der Waals surface area contributed by atoms with Crippen LogP contribution in [0.5, 0.6) is 0 Å². The molecular weight excluding hydrogens is 362 g/mol. The first-order valence-electron chi connectivity index (χ1n) is 8.54. The van der Waals surface area contributed by atoms with Crippen molar-refractivity contribution in [2.75, 3.05) is 10.6 Å². The molecule has 1 atom stereocenters. The van der Waals surface area contributed by atoms with Crippen LogP contribution in [0.15, 0.2) is 63.8 Å². The SMILES string of the molecule is O=C(CC1NC(=O)c2ccccc2NC1=O)Nc1ccc2oc(=O)ccc2c1. The fourth-order valence-electron chi connectivity index (χ4n) is 3.00. The van der Waals surface area contributed by atoms with Gasteiger partial charge in [-0.2, -0.15) is 0 Å². The molecule has 0 bridgehead atoms. The van der Waals surface area contributed by atoms with E-state index in [-0.39, 0.29) is 6.42 Å². The third-order valence-electron chi connectivity index (χ3n) is 4.34. The van der Waals surface area contributed by atoms with Gasteiger partial charge in [0, 0.05) is 17.1 Å². The highest BCUT2D eigenvalue weighted by molar-refractivity contribution is 6.11. The maximum atomic E-state index is 12.4. The number of hydrogen-bond donors (Lipinski definition) is 3. The maximum absolute atomic E-state index is 12.4. The monoisotopic (exact) mass is 377 g/mol. The van der Waals surface area contributed by atoms with Crippen LogP contribution in [-0.2, 0) is 9.59 Å². The van der Waals surface area contributed by atoms with Gasteiger partial charge in [0.2, 0.25) is 11.8 Å². The molecule has 2 aromatic carbocycles. The highest BCUT2D eigenvalue weighted by atomic mass is 16.4. The zero-order valence-corrected chi connectivity index (χ0v) is 14.5. The molecule has 3 amide bonds. The van der Waals surface area contributed by atoms with Gasteiger partial charge in [0.05, 0.1) is 17.7 Å². The molecule has 1 aliphatic rings. The van der Waals surface area contributed by atoms with E-state index in [0.717, 1.165) is 0 Å². The number of fused-ring (bicyclic) bond motifs is 2. The van der Waals surface area contributed by atoms with Crippen molar-refractivity contribution in [2.45, 2.75) is 12.5 Å². The molecule has 8 nitrogen and oxygen atoms in total. The van der Waals surface area contributed by atoms with Crippen LogP contribution in [0.2, 0.25) is 0 Å². The molecule has 0 spiro atoms. The zero-order valence-electron chi connectivity index (χ0n) is 14.5. The lowest BCUT2D eigenvalue weighted by Crippen LogP contribution is -2.43. The summed E-state index contributed by atoms with van der Waals surface area (Å²) in [7, 11) is 0. The van der Waals surface area contributed by atoms with E-state index in [9.17, 15) is 19.2 Å². The lowest BCUT2D eigenvalue weighted by atomic mass is 10.1. The first kappa shape index (κ1) is 17.5. The van der Waals surface area contributed by atoms with Crippen molar-refractivity contribution in [3.63, 3.8) is 0 Å². The summed E-state index contributed by atoms with van der Waals surface area (Å²) < 4.78 is 5.04. The summed E-state index contributed by atoms with van der Waals surface area (Å²) in [6.07, 6.45) is -0.229. The Balaban J connectivity index is 1.48.